The number of ether oxygens (including phenoxy) is 2. The molecular weight excluding hydrogens is 306 g/mol. The van der Waals surface area contributed by atoms with Gasteiger partial charge >= 0.3 is 6.09 Å². The van der Waals surface area contributed by atoms with Gasteiger partial charge in [-0.3, -0.25) is 4.79 Å². The van der Waals surface area contributed by atoms with Crippen LogP contribution in [0.15, 0.2) is 54.6 Å². The molecular formula is C19H21NO4. The van der Waals surface area contributed by atoms with Crippen LogP contribution < -0.4 is 10.1 Å². The fraction of sp³-hybridized carbons (Fsp3) is 0.263. The molecule has 0 aromatic heterocycles. The van der Waals surface area contributed by atoms with Crippen molar-refractivity contribution in [2.24, 2.45) is 0 Å². The van der Waals surface area contributed by atoms with E-state index in [0.29, 0.717) is 11.3 Å². The summed E-state index contributed by atoms with van der Waals surface area (Å²) in [5.41, 5.74) is 1.43. The molecule has 2 rings (SSSR count). The van der Waals surface area contributed by atoms with Crippen molar-refractivity contribution in [3.63, 3.8) is 0 Å². The molecule has 0 heterocycles. The summed E-state index contributed by atoms with van der Waals surface area (Å²) in [6.07, 6.45) is -0.394. The number of amides is 1. The summed E-state index contributed by atoms with van der Waals surface area (Å²) in [4.78, 5) is 24.3. The van der Waals surface area contributed by atoms with Crippen LogP contribution in [-0.4, -0.2) is 25.6 Å². The van der Waals surface area contributed by atoms with Gasteiger partial charge in [0.1, 0.15) is 5.75 Å². The molecule has 0 fully saturated rings. The Morgan fingerprint density at radius 1 is 1.04 bits per heavy atom. The first kappa shape index (κ1) is 17.5. The van der Waals surface area contributed by atoms with Gasteiger partial charge in [0.05, 0.1) is 19.8 Å². The van der Waals surface area contributed by atoms with Crippen LogP contribution in [0.2, 0.25) is 0 Å². The van der Waals surface area contributed by atoms with Crippen molar-refractivity contribution in [1.29, 1.82) is 0 Å². The second-order valence-corrected chi connectivity index (χ2v) is 5.18. The van der Waals surface area contributed by atoms with E-state index in [-0.39, 0.29) is 18.8 Å². The van der Waals surface area contributed by atoms with Gasteiger partial charge in [0.15, 0.2) is 5.78 Å². The third-order valence-electron chi connectivity index (χ3n) is 3.57. The zero-order valence-electron chi connectivity index (χ0n) is 13.8. The Bertz CT molecular complexity index is 668. The lowest BCUT2D eigenvalue weighted by Gasteiger charge is -2.18. The van der Waals surface area contributed by atoms with Gasteiger partial charge in [0.2, 0.25) is 0 Å². The Kier molecular flexibility index (Phi) is 6.37. The van der Waals surface area contributed by atoms with E-state index in [9.17, 15) is 9.59 Å². The Morgan fingerprint density at radius 2 is 1.71 bits per heavy atom. The van der Waals surface area contributed by atoms with Gasteiger partial charge in [0.25, 0.3) is 0 Å². The van der Waals surface area contributed by atoms with Crippen molar-refractivity contribution in [1.82, 2.24) is 5.32 Å². The summed E-state index contributed by atoms with van der Waals surface area (Å²) in [7, 11) is 1.59. The molecule has 5 heteroatoms. The first-order chi connectivity index (χ1) is 11.6. The molecule has 0 aliphatic rings. The number of ketones is 1. The minimum absolute atomic E-state index is 0.0479. The molecule has 1 unspecified atom stereocenters. The molecule has 1 atom stereocenters. The third kappa shape index (κ3) is 4.84. The average Bonchev–Trinajstić information content (AvgIpc) is 2.62. The molecule has 0 aliphatic carbocycles. The predicted molar refractivity (Wildman–Crippen MR) is 91.3 cm³/mol. The number of rotatable bonds is 7. The normalized spacial score (nSPS) is 11.4. The Labute approximate surface area is 141 Å². The number of carbonyl (C=O) groups is 2. The van der Waals surface area contributed by atoms with Gasteiger partial charge in [-0.25, -0.2) is 4.79 Å². The molecule has 126 valence electrons. The van der Waals surface area contributed by atoms with Crippen molar-refractivity contribution in [2.45, 2.75) is 19.4 Å². The molecule has 0 saturated heterocycles. The Hall–Kier alpha value is -2.82. The van der Waals surface area contributed by atoms with Gasteiger partial charge in [0, 0.05) is 12.0 Å². The maximum atomic E-state index is 12.5. The smallest absolute Gasteiger partial charge is 0.407 e. The number of nitrogens with one attached hydrogen (secondary N) is 1. The maximum Gasteiger partial charge on any atom is 0.407 e. The van der Waals surface area contributed by atoms with E-state index in [4.69, 9.17) is 9.47 Å². The van der Waals surface area contributed by atoms with E-state index in [1.807, 2.05) is 30.3 Å². The van der Waals surface area contributed by atoms with Crippen molar-refractivity contribution >= 4 is 11.9 Å². The number of carbonyl (C=O) groups excluding carboxylic acids is 2. The fourth-order valence-electron chi connectivity index (χ4n) is 2.33. The summed E-state index contributed by atoms with van der Waals surface area (Å²) in [5, 5.41) is 2.75. The van der Waals surface area contributed by atoms with E-state index in [1.54, 1.807) is 38.3 Å². The largest absolute Gasteiger partial charge is 0.497 e. The summed E-state index contributed by atoms with van der Waals surface area (Å²) < 4.78 is 10.1. The van der Waals surface area contributed by atoms with E-state index in [2.05, 4.69) is 5.32 Å². The lowest BCUT2D eigenvalue weighted by atomic mass is 9.98. The van der Waals surface area contributed by atoms with Crippen LogP contribution >= 0.6 is 0 Å². The summed E-state index contributed by atoms with van der Waals surface area (Å²) in [6.45, 7) is 2.00. The summed E-state index contributed by atoms with van der Waals surface area (Å²) >= 11 is 0. The van der Waals surface area contributed by atoms with Gasteiger partial charge in [-0.1, -0.05) is 42.5 Å². The lowest BCUT2D eigenvalue weighted by molar-refractivity contribution is 0.0965. The monoisotopic (exact) mass is 327 g/mol. The van der Waals surface area contributed by atoms with Gasteiger partial charge in [-0.2, -0.15) is 0 Å². The lowest BCUT2D eigenvalue weighted by Crippen LogP contribution is -2.30. The molecule has 0 saturated carbocycles. The molecule has 2 aromatic carbocycles. The van der Waals surface area contributed by atoms with E-state index in [1.165, 1.54) is 0 Å². The van der Waals surface area contributed by atoms with Crippen LogP contribution in [0.1, 0.15) is 35.3 Å². The highest BCUT2D eigenvalue weighted by atomic mass is 16.5. The standard InChI is InChI=1S/C19H21NO4/c1-3-24-19(22)20-17(14-9-11-16(23-2)12-10-14)13-18(21)15-7-5-4-6-8-15/h4-12,17H,3,13H2,1-2H3,(H,20,22). The highest BCUT2D eigenvalue weighted by molar-refractivity contribution is 5.96. The molecule has 0 aliphatic heterocycles. The van der Waals surface area contributed by atoms with Crippen molar-refractivity contribution in [3.05, 3.63) is 65.7 Å². The van der Waals surface area contributed by atoms with E-state index < -0.39 is 12.1 Å². The molecule has 2 aromatic rings. The van der Waals surface area contributed by atoms with Crippen molar-refractivity contribution in [2.75, 3.05) is 13.7 Å². The first-order valence-electron chi connectivity index (χ1n) is 7.79. The second kappa shape index (κ2) is 8.72. The first-order valence-corrected chi connectivity index (χ1v) is 7.79. The molecule has 24 heavy (non-hydrogen) atoms. The van der Waals surface area contributed by atoms with Crippen LogP contribution in [0.25, 0.3) is 0 Å². The molecule has 5 nitrogen and oxygen atoms in total. The second-order valence-electron chi connectivity index (χ2n) is 5.18. The SMILES string of the molecule is CCOC(=O)NC(CC(=O)c1ccccc1)c1ccc(OC)cc1. The summed E-state index contributed by atoms with van der Waals surface area (Å²) in [5.74, 6) is 0.663. The zero-order valence-corrected chi connectivity index (χ0v) is 13.8. The zero-order chi connectivity index (χ0) is 17.4. The minimum atomic E-state index is -0.542. The highest BCUT2D eigenvalue weighted by Crippen LogP contribution is 2.22. The Morgan fingerprint density at radius 3 is 2.29 bits per heavy atom. The number of methoxy groups -OCH3 is 1. The van der Waals surface area contributed by atoms with E-state index >= 15 is 0 Å². The minimum Gasteiger partial charge on any atom is -0.497 e. The quantitative estimate of drug-likeness (QED) is 0.787. The molecule has 0 spiro atoms. The number of hydrogen-bond donors (Lipinski definition) is 1. The highest BCUT2D eigenvalue weighted by Gasteiger charge is 2.20. The fourth-order valence-corrected chi connectivity index (χ4v) is 2.33. The van der Waals surface area contributed by atoms with Crippen molar-refractivity contribution in [3.8, 4) is 5.75 Å². The van der Waals surface area contributed by atoms with Crippen LogP contribution in [0.4, 0.5) is 4.79 Å². The molecule has 0 radical (unpaired) electrons. The van der Waals surface area contributed by atoms with E-state index in [0.717, 1.165) is 5.56 Å². The number of benzene rings is 2. The van der Waals surface area contributed by atoms with Crippen LogP contribution in [-0.2, 0) is 4.74 Å². The van der Waals surface area contributed by atoms with Crippen LogP contribution in [0, 0.1) is 0 Å². The molecule has 1 N–H and O–H groups in total. The molecule has 0 bridgehead atoms. The van der Waals surface area contributed by atoms with Crippen LogP contribution in [0.5, 0.6) is 5.75 Å². The van der Waals surface area contributed by atoms with Gasteiger partial charge in [-0.15, -0.1) is 0 Å². The third-order valence-corrected chi connectivity index (χ3v) is 3.57. The topological polar surface area (TPSA) is 64.6 Å². The van der Waals surface area contributed by atoms with Crippen molar-refractivity contribution < 1.29 is 19.1 Å². The van der Waals surface area contributed by atoms with Gasteiger partial charge < -0.3 is 14.8 Å². The maximum absolute atomic E-state index is 12.5. The van der Waals surface area contributed by atoms with Gasteiger partial charge in [-0.05, 0) is 24.6 Å². The summed E-state index contributed by atoms with van der Waals surface area (Å²) in [6, 6.07) is 15.8. The average molecular weight is 327 g/mol. The number of alkyl carbamates (subject to hydrolysis) is 1. The van der Waals surface area contributed by atoms with Crippen LogP contribution in [0.3, 0.4) is 0 Å². The number of Topliss-reactive ketones (excluding diaryl/α,β-unsaturated/α-hetero) is 1. The Balaban J connectivity index is 2.18. The predicted octanol–water partition coefficient (Wildman–Crippen LogP) is 3.76. The molecule has 1 amide bonds. The number of hydrogen-bond acceptors (Lipinski definition) is 4.